The second kappa shape index (κ2) is 10.0. The predicted molar refractivity (Wildman–Crippen MR) is 137 cm³/mol. The number of pyridine rings is 1. The van der Waals surface area contributed by atoms with E-state index >= 15 is 0 Å². The maximum absolute atomic E-state index is 13.3. The average molecular weight is 472 g/mol. The standard InChI is InChI=1S/C28H29N3O4/c1-18(2)17-35-23-9-5-7-19(15-23)26(32)24-25(20-8-6-14-29-16-20)31(28(34)27(24)33)22-12-10-21(11-13-22)30(3)4/h5-16,18,25,32H,17H2,1-4H3/b26-24+. The first-order chi connectivity index (χ1) is 16.8. The van der Waals surface area contributed by atoms with Gasteiger partial charge in [-0.1, -0.05) is 32.0 Å². The van der Waals surface area contributed by atoms with Crippen LogP contribution in [0.25, 0.3) is 5.76 Å². The molecule has 7 heteroatoms. The molecular formula is C28H29N3O4. The van der Waals surface area contributed by atoms with Gasteiger partial charge in [0.05, 0.1) is 18.2 Å². The van der Waals surface area contributed by atoms with Gasteiger partial charge < -0.3 is 14.7 Å². The molecule has 7 nitrogen and oxygen atoms in total. The Kier molecular flexibility index (Phi) is 6.87. The molecule has 1 aromatic heterocycles. The topological polar surface area (TPSA) is 83.0 Å². The monoisotopic (exact) mass is 471 g/mol. The second-order valence-electron chi connectivity index (χ2n) is 9.10. The summed E-state index contributed by atoms with van der Waals surface area (Å²) >= 11 is 0. The molecule has 1 saturated heterocycles. The number of ether oxygens (including phenoxy) is 1. The van der Waals surface area contributed by atoms with Gasteiger partial charge in [-0.15, -0.1) is 0 Å². The van der Waals surface area contributed by atoms with Crippen molar-refractivity contribution in [2.45, 2.75) is 19.9 Å². The summed E-state index contributed by atoms with van der Waals surface area (Å²) < 4.78 is 5.79. The zero-order valence-electron chi connectivity index (χ0n) is 20.3. The minimum Gasteiger partial charge on any atom is -0.507 e. The van der Waals surface area contributed by atoms with Crippen molar-refractivity contribution in [3.8, 4) is 5.75 Å². The fourth-order valence-electron chi connectivity index (χ4n) is 4.01. The Morgan fingerprint density at radius 3 is 2.46 bits per heavy atom. The van der Waals surface area contributed by atoms with Crippen LogP contribution in [0.1, 0.15) is 31.0 Å². The van der Waals surface area contributed by atoms with Gasteiger partial charge in [0, 0.05) is 43.4 Å². The third-order valence-electron chi connectivity index (χ3n) is 5.78. The van der Waals surface area contributed by atoms with Crippen LogP contribution in [0.4, 0.5) is 11.4 Å². The van der Waals surface area contributed by atoms with Crippen LogP contribution in [0, 0.1) is 5.92 Å². The third-order valence-corrected chi connectivity index (χ3v) is 5.78. The number of aliphatic hydroxyl groups is 1. The van der Waals surface area contributed by atoms with Crippen LogP contribution in [-0.2, 0) is 9.59 Å². The van der Waals surface area contributed by atoms with Gasteiger partial charge in [0.15, 0.2) is 0 Å². The van der Waals surface area contributed by atoms with Crippen molar-refractivity contribution in [1.29, 1.82) is 0 Å². The molecule has 1 unspecified atom stereocenters. The normalized spacial score (nSPS) is 17.2. The van der Waals surface area contributed by atoms with Gasteiger partial charge in [-0.25, -0.2) is 0 Å². The molecule has 1 aliphatic heterocycles. The van der Waals surface area contributed by atoms with Crippen molar-refractivity contribution in [2.24, 2.45) is 5.92 Å². The summed E-state index contributed by atoms with van der Waals surface area (Å²) in [4.78, 5) is 34.1. The number of Topliss-reactive ketones (excluding diaryl/α,β-unsaturated/α-hetero) is 1. The van der Waals surface area contributed by atoms with Crippen LogP contribution in [0.15, 0.2) is 78.6 Å². The van der Waals surface area contributed by atoms with Gasteiger partial charge in [0.25, 0.3) is 11.7 Å². The highest BCUT2D eigenvalue weighted by Gasteiger charge is 2.47. The molecule has 180 valence electrons. The zero-order chi connectivity index (χ0) is 25.1. The summed E-state index contributed by atoms with van der Waals surface area (Å²) in [5.41, 5.74) is 2.56. The van der Waals surface area contributed by atoms with Crippen molar-refractivity contribution >= 4 is 28.8 Å². The molecule has 1 amide bonds. The van der Waals surface area contributed by atoms with Crippen LogP contribution in [-0.4, -0.2) is 42.5 Å². The van der Waals surface area contributed by atoms with Crippen LogP contribution < -0.4 is 14.5 Å². The number of aliphatic hydroxyl groups excluding tert-OH is 1. The number of rotatable bonds is 7. The van der Waals surface area contributed by atoms with E-state index in [4.69, 9.17) is 4.74 Å². The van der Waals surface area contributed by atoms with Crippen LogP contribution >= 0.6 is 0 Å². The first-order valence-corrected chi connectivity index (χ1v) is 11.5. The molecule has 0 spiro atoms. The number of aromatic nitrogens is 1. The number of ketones is 1. The van der Waals surface area contributed by atoms with Gasteiger partial charge in [-0.3, -0.25) is 19.5 Å². The van der Waals surface area contributed by atoms with E-state index in [0.717, 1.165) is 5.69 Å². The van der Waals surface area contributed by atoms with E-state index in [-0.39, 0.29) is 11.3 Å². The smallest absolute Gasteiger partial charge is 0.300 e. The lowest BCUT2D eigenvalue weighted by molar-refractivity contribution is -0.132. The Balaban J connectivity index is 1.83. The molecule has 4 rings (SSSR count). The van der Waals surface area contributed by atoms with Crippen molar-refractivity contribution in [1.82, 2.24) is 4.98 Å². The number of anilines is 2. The van der Waals surface area contributed by atoms with Crippen LogP contribution in [0.2, 0.25) is 0 Å². The molecule has 1 fully saturated rings. The number of benzene rings is 2. The van der Waals surface area contributed by atoms with E-state index in [9.17, 15) is 14.7 Å². The van der Waals surface area contributed by atoms with E-state index in [2.05, 4.69) is 4.98 Å². The molecule has 1 N–H and O–H groups in total. The van der Waals surface area contributed by atoms with E-state index in [1.165, 1.54) is 4.90 Å². The molecule has 1 atom stereocenters. The van der Waals surface area contributed by atoms with Gasteiger partial charge >= 0.3 is 0 Å². The van der Waals surface area contributed by atoms with Gasteiger partial charge in [0.1, 0.15) is 11.5 Å². The Morgan fingerprint density at radius 2 is 1.83 bits per heavy atom. The Labute approximate surface area is 205 Å². The molecule has 1 aliphatic rings. The van der Waals surface area contributed by atoms with Crippen molar-refractivity contribution in [3.63, 3.8) is 0 Å². The summed E-state index contributed by atoms with van der Waals surface area (Å²) in [6.45, 7) is 4.61. The second-order valence-corrected chi connectivity index (χ2v) is 9.10. The molecule has 0 saturated carbocycles. The van der Waals surface area contributed by atoms with E-state index < -0.39 is 17.7 Å². The van der Waals surface area contributed by atoms with Crippen molar-refractivity contribution in [2.75, 3.05) is 30.5 Å². The number of hydrogen-bond donors (Lipinski definition) is 1. The van der Waals surface area contributed by atoms with Crippen LogP contribution in [0.5, 0.6) is 5.75 Å². The van der Waals surface area contributed by atoms with Crippen molar-refractivity contribution < 1.29 is 19.4 Å². The van der Waals surface area contributed by atoms with E-state index in [1.807, 2.05) is 45.0 Å². The largest absolute Gasteiger partial charge is 0.507 e. The first kappa shape index (κ1) is 24.0. The average Bonchev–Trinajstić information content (AvgIpc) is 3.13. The molecule has 0 radical (unpaired) electrons. The van der Waals surface area contributed by atoms with Gasteiger partial charge in [-0.05, 0) is 53.9 Å². The maximum atomic E-state index is 13.3. The molecule has 2 heterocycles. The number of hydrogen-bond acceptors (Lipinski definition) is 6. The summed E-state index contributed by atoms with van der Waals surface area (Å²) in [5, 5.41) is 11.3. The molecule has 35 heavy (non-hydrogen) atoms. The summed E-state index contributed by atoms with van der Waals surface area (Å²) in [7, 11) is 3.85. The highest BCUT2D eigenvalue weighted by molar-refractivity contribution is 6.51. The first-order valence-electron chi connectivity index (χ1n) is 11.5. The highest BCUT2D eigenvalue weighted by Crippen LogP contribution is 2.42. The lowest BCUT2D eigenvalue weighted by atomic mass is 9.96. The summed E-state index contributed by atoms with van der Waals surface area (Å²) in [6.07, 6.45) is 3.23. The molecule has 0 aliphatic carbocycles. The number of nitrogens with zero attached hydrogens (tertiary/aromatic N) is 3. The minimum absolute atomic E-state index is 0.0145. The van der Waals surface area contributed by atoms with Gasteiger partial charge in [0.2, 0.25) is 0 Å². The summed E-state index contributed by atoms with van der Waals surface area (Å²) in [5.74, 6) is -0.789. The number of amides is 1. The molecule has 2 aromatic carbocycles. The minimum atomic E-state index is -0.825. The number of carbonyl (C=O) groups excluding carboxylic acids is 2. The Hall–Kier alpha value is -4.13. The predicted octanol–water partition coefficient (Wildman–Crippen LogP) is 4.81. The lowest BCUT2D eigenvalue weighted by Crippen LogP contribution is -2.29. The Bertz CT molecular complexity index is 1250. The fraction of sp³-hybridized carbons (Fsp3) is 0.250. The molecular weight excluding hydrogens is 442 g/mol. The molecule has 0 bridgehead atoms. The fourth-order valence-corrected chi connectivity index (χ4v) is 4.01. The van der Waals surface area contributed by atoms with Crippen molar-refractivity contribution in [3.05, 3.63) is 89.8 Å². The highest BCUT2D eigenvalue weighted by atomic mass is 16.5. The zero-order valence-corrected chi connectivity index (χ0v) is 20.3. The quantitative estimate of drug-likeness (QED) is 0.303. The SMILES string of the molecule is CC(C)COc1cccc(/C(O)=C2\C(=O)C(=O)N(c3ccc(N(C)C)cc3)C2c2cccnc2)c1. The van der Waals surface area contributed by atoms with Crippen LogP contribution in [0.3, 0.4) is 0 Å². The Morgan fingerprint density at radius 1 is 1.09 bits per heavy atom. The number of carbonyl (C=O) groups is 2. The van der Waals surface area contributed by atoms with E-state index in [0.29, 0.717) is 35.1 Å². The summed E-state index contributed by atoms with van der Waals surface area (Å²) in [6, 6.07) is 17.0. The maximum Gasteiger partial charge on any atom is 0.300 e. The lowest BCUT2D eigenvalue weighted by Gasteiger charge is -2.25. The third kappa shape index (κ3) is 4.89. The van der Waals surface area contributed by atoms with Gasteiger partial charge in [-0.2, -0.15) is 0 Å². The molecule has 3 aromatic rings. The van der Waals surface area contributed by atoms with E-state index in [1.54, 1.807) is 60.9 Å².